The van der Waals surface area contributed by atoms with Crippen molar-refractivity contribution in [2.45, 2.75) is 33.1 Å². The summed E-state index contributed by atoms with van der Waals surface area (Å²) in [6, 6.07) is 0. The van der Waals surface area contributed by atoms with Crippen LogP contribution in [0, 0.1) is 5.92 Å². The molecule has 1 rings (SSSR count). The van der Waals surface area contributed by atoms with Gasteiger partial charge in [-0.3, -0.25) is 4.68 Å². The molecule has 0 spiro atoms. The van der Waals surface area contributed by atoms with Crippen molar-refractivity contribution in [1.29, 1.82) is 0 Å². The highest BCUT2D eigenvalue weighted by atomic mass is 16.5. The second kappa shape index (κ2) is 6.51. The first-order valence-electron chi connectivity index (χ1n) is 5.90. The standard InChI is InChI=1S/C10H18BN3O4/c1-4-18-10(15)8-6-14(13-12-8)9(11(16)17)5-7(2)3/h6-7,9,16-17H,4-5H2,1-3H3/t9-/m0/s1. The van der Waals surface area contributed by atoms with Crippen molar-refractivity contribution < 1.29 is 19.6 Å². The summed E-state index contributed by atoms with van der Waals surface area (Å²) >= 11 is 0. The van der Waals surface area contributed by atoms with E-state index in [1.165, 1.54) is 10.9 Å². The van der Waals surface area contributed by atoms with E-state index in [2.05, 4.69) is 10.3 Å². The zero-order valence-corrected chi connectivity index (χ0v) is 10.8. The molecule has 1 heterocycles. The van der Waals surface area contributed by atoms with E-state index in [0.717, 1.165) is 0 Å². The predicted octanol–water partition coefficient (Wildman–Crippen LogP) is 0.0540. The molecule has 0 saturated carbocycles. The topological polar surface area (TPSA) is 97.5 Å². The lowest BCUT2D eigenvalue weighted by atomic mass is 9.75. The molecule has 2 N–H and O–H groups in total. The van der Waals surface area contributed by atoms with E-state index >= 15 is 0 Å². The van der Waals surface area contributed by atoms with E-state index in [4.69, 9.17) is 4.74 Å². The zero-order chi connectivity index (χ0) is 13.7. The monoisotopic (exact) mass is 255 g/mol. The number of ether oxygens (including phenoxy) is 1. The fraction of sp³-hybridized carbons (Fsp3) is 0.700. The molecule has 8 heteroatoms. The second-order valence-corrected chi connectivity index (χ2v) is 4.41. The van der Waals surface area contributed by atoms with Gasteiger partial charge in [0.1, 0.15) is 0 Å². The first-order chi connectivity index (χ1) is 8.45. The fourth-order valence-corrected chi connectivity index (χ4v) is 1.59. The van der Waals surface area contributed by atoms with Crippen LogP contribution in [-0.2, 0) is 4.74 Å². The van der Waals surface area contributed by atoms with Gasteiger partial charge in [-0.05, 0) is 19.3 Å². The maximum absolute atomic E-state index is 11.4. The lowest BCUT2D eigenvalue weighted by Crippen LogP contribution is -2.30. The molecule has 0 aliphatic rings. The van der Waals surface area contributed by atoms with Gasteiger partial charge in [-0.1, -0.05) is 19.1 Å². The zero-order valence-electron chi connectivity index (χ0n) is 10.8. The van der Waals surface area contributed by atoms with Crippen LogP contribution in [0.4, 0.5) is 0 Å². The van der Waals surface area contributed by atoms with Gasteiger partial charge in [-0.25, -0.2) is 4.79 Å². The molecule has 0 bridgehead atoms. The average Bonchev–Trinajstić information content (AvgIpc) is 2.74. The fourth-order valence-electron chi connectivity index (χ4n) is 1.59. The average molecular weight is 255 g/mol. The van der Waals surface area contributed by atoms with Gasteiger partial charge in [-0.2, -0.15) is 0 Å². The molecule has 0 unspecified atom stereocenters. The number of aromatic nitrogens is 3. The van der Waals surface area contributed by atoms with E-state index < -0.39 is 19.0 Å². The van der Waals surface area contributed by atoms with Gasteiger partial charge in [0.05, 0.1) is 18.7 Å². The number of hydrogen-bond acceptors (Lipinski definition) is 6. The summed E-state index contributed by atoms with van der Waals surface area (Å²) in [5.74, 6) is -0.938. The van der Waals surface area contributed by atoms with Crippen LogP contribution in [0.2, 0.25) is 0 Å². The molecule has 100 valence electrons. The Morgan fingerprint density at radius 3 is 2.72 bits per heavy atom. The Balaban J connectivity index is 2.84. The maximum Gasteiger partial charge on any atom is 0.477 e. The van der Waals surface area contributed by atoms with Crippen LogP contribution in [0.1, 0.15) is 43.6 Å². The SMILES string of the molecule is CCOC(=O)c1cn([C@@H](CC(C)C)B(O)O)nn1. The molecule has 18 heavy (non-hydrogen) atoms. The molecule has 1 atom stereocenters. The summed E-state index contributed by atoms with van der Waals surface area (Å²) in [6.07, 6.45) is 1.88. The highest BCUT2D eigenvalue weighted by Gasteiger charge is 2.28. The first-order valence-corrected chi connectivity index (χ1v) is 5.90. The number of esters is 1. The molecule has 0 saturated heterocycles. The molecule has 1 aromatic heterocycles. The van der Waals surface area contributed by atoms with Crippen molar-refractivity contribution >= 4 is 13.1 Å². The normalized spacial score (nSPS) is 12.6. The molecule has 0 amide bonds. The third-order valence-corrected chi connectivity index (χ3v) is 2.39. The van der Waals surface area contributed by atoms with Gasteiger partial charge < -0.3 is 14.8 Å². The van der Waals surface area contributed by atoms with E-state index in [0.29, 0.717) is 6.42 Å². The van der Waals surface area contributed by atoms with Crippen LogP contribution < -0.4 is 0 Å². The lowest BCUT2D eigenvalue weighted by Gasteiger charge is -2.17. The Labute approximate surface area is 106 Å². The van der Waals surface area contributed by atoms with E-state index in [-0.39, 0.29) is 18.2 Å². The molecule has 0 fully saturated rings. The quantitative estimate of drug-likeness (QED) is 0.550. The van der Waals surface area contributed by atoms with Gasteiger partial charge in [-0.15, -0.1) is 5.10 Å². The van der Waals surface area contributed by atoms with Gasteiger partial charge in [0.2, 0.25) is 0 Å². The highest BCUT2D eigenvalue weighted by molar-refractivity contribution is 6.42. The van der Waals surface area contributed by atoms with Crippen molar-refractivity contribution in [3.8, 4) is 0 Å². The van der Waals surface area contributed by atoms with Crippen LogP contribution in [0.25, 0.3) is 0 Å². The lowest BCUT2D eigenvalue weighted by molar-refractivity contribution is 0.0519. The Bertz CT molecular complexity index is 394. The minimum absolute atomic E-state index is 0.0613. The Morgan fingerprint density at radius 1 is 1.56 bits per heavy atom. The molecular formula is C10H18BN3O4. The van der Waals surface area contributed by atoms with Crippen LogP contribution in [-0.4, -0.2) is 44.7 Å². The summed E-state index contributed by atoms with van der Waals surface area (Å²) in [5, 5.41) is 26.0. The summed E-state index contributed by atoms with van der Waals surface area (Å²) in [6.45, 7) is 5.86. The molecule has 7 nitrogen and oxygen atoms in total. The number of carbonyl (C=O) groups excluding carboxylic acids is 1. The maximum atomic E-state index is 11.4. The summed E-state index contributed by atoms with van der Waals surface area (Å²) in [4.78, 5) is 11.4. The Kier molecular flexibility index (Phi) is 5.30. The van der Waals surface area contributed by atoms with E-state index in [9.17, 15) is 14.8 Å². The summed E-state index contributed by atoms with van der Waals surface area (Å²) in [7, 11) is -1.55. The van der Waals surface area contributed by atoms with Crippen LogP contribution in [0.5, 0.6) is 0 Å². The number of carbonyl (C=O) groups is 1. The smallest absolute Gasteiger partial charge is 0.461 e. The first kappa shape index (κ1) is 14.7. The van der Waals surface area contributed by atoms with E-state index in [1.807, 2.05) is 13.8 Å². The molecule has 0 aromatic carbocycles. The molecule has 0 aliphatic carbocycles. The minimum atomic E-state index is -1.55. The minimum Gasteiger partial charge on any atom is -0.461 e. The molecular weight excluding hydrogens is 237 g/mol. The van der Waals surface area contributed by atoms with Crippen molar-refractivity contribution in [2.24, 2.45) is 5.92 Å². The van der Waals surface area contributed by atoms with Crippen LogP contribution in [0.15, 0.2) is 6.20 Å². The number of rotatable bonds is 6. The Morgan fingerprint density at radius 2 is 2.22 bits per heavy atom. The molecule has 0 aliphatic heterocycles. The van der Waals surface area contributed by atoms with E-state index in [1.54, 1.807) is 6.92 Å². The van der Waals surface area contributed by atoms with Crippen LogP contribution in [0.3, 0.4) is 0 Å². The van der Waals surface area contributed by atoms with Crippen LogP contribution >= 0.6 is 0 Å². The number of hydrogen-bond donors (Lipinski definition) is 2. The third kappa shape index (κ3) is 3.81. The summed E-state index contributed by atoms with van der Waals surface area (Å²) in [5.41, 5.74) is 0.0613. The largest absolute Gasteiger partial charge is 0.477 e. The van der Waals surface area contributed by atoms with Crippen molar-refractivity contribution in [2.75, 3.05) is 6.61 Å². The second-order valence-electron chi connectivity index (χ2n) is 4.41. The Hall–Kier alpha value is -1.41. The third-order valence-electron chi connectivity index (χ3n) is 2.39. The predicted molar refractivity (Wildman–Crippen MR) is 64.7 cm³/mol. The summed E-state index contributed by atoms with van der Waals surface area (Å²) < 4.78 is 6.07. The highest BCUT2D eigenvalue weighted by Crippen LogP contribution is 2.17. The molecule has 0 radical (unpaired) electrons. The van der Waals surface area contributed by atoms with Gasteiger partial charge in [0.25, 0.3) is 0 Å². The van der Waals surface area contributed by atoms with Crippen molar-refractivity contribution in [1.82, 2.24) is 15.0 Å². The molecule has 1 aromatic rings. The van der Waals surface area contributed by atoms with Gasteiger partial charge in [0, 0.05) is 0 Å². The van der Waals surface area contributed by atoms with Gasteiger partial charge >= 0.3 is 13.1 Å². The van der Waals surface area contributed by atoms with Crippen molar-refractivity contribution in [3.63, 3.8) is 0 Å². The van der Waals surface area contributed by atoms with Crippen molar-refractivity contribution in [3.05, 3.63) is 11.9 Å². The van der Waals surface area contributed by atoms with Gasteiger partial charge in [0.15, 0.2) is 5.69 Å². The number of nitrogens with zero attached hydrogens (tertiary/aromatic N) is 3.